The average Bonchev–Trinajstić information content (AvgIpc) is 2.35. The van der Waals surface area contributed by atoms with Gasteiger partial charge in [-0.25, -0.2) is 0 Å². The van der Waals surface area contributed by atoms with E-state index in [1.54, 1.807) is 30.6 Å². The molecule has 0 fully saturated rings. The van der Waals surface area contributed by atoms with E-state index in [2.05, 4.69) is 15.6 Å². The number of aromatic nitrogens is 1. The molecule has 2 N–H and O–H groups in total. The summed E-state index contributed by atoms with van der Waals surface area (Å²) in [5.41, 5.74) is 2.58. The second-order valence-electron chi connectivity index (χ2n) is 3.74. The number of hydrogen-bond donors (Lipinski definition) is 2. The number of halogens is 2. The van der Waals surface area contributed by atoms with E-state index in [1.807, 2.05) is 13.0 Å². The van der Waals surface area contributed by atoms with Crippen LogP contribution in [0.15, 0.2) is 36.7 Å². The summed E-state index contributed by atoms with van der Waals surface area (Å²) in [7, 11) is 0. The van der Waals surface area contributed by atoms with Gasteiger partial charge in [0.15, 0.2) is 0 Å². The molecule has 0 saturated carbocycles. The molecule has 3 nitrogen and oxygen atoms in total. The molecule has 0 saturated heterocycles. The van der Waals surface area contributed by atoms with Crippen molar-refractivity contribution in [1.29, 1.82) is 0 Å². The van der Waals surface area contributed by atoms with Gasteiger partial charge in [-0.3, -0.25) is 4.98 Å². The Balaban J connectivity index is 2.22. The van der Waals surface area contributed by atoms with Crippen molar-refractivity contribution in [2.45, 2.75) is 6.92 Å². The summed E-state index contributed by atoms with van der Waals surface area (Å²) in [5, 5.41) is 7.65. The third-order valence-electron chi connectivity index (χ3n) is 2.33. The Labute approximate surface area is 116 Å². The predicted octanol–water partition coefficient (Wildman–Crippen LogP) is 4.56. The zero-order chi connectivity index (χ0) is 13.0. The fourth-order valence-corrected chi connectivity index (χ4v) is 1.89. The highest BCUT2D eigenvalue weighted by molar-refractivity contribution is 6.35. The largest absolute Gasteiger partial charge is 0.384 e. The lowest BCUT2D eigenvalue weighted by Crippen LogP contribution is -1.98. The van der Waals surface area contributed by atoms with Gasteiger partial charge in [0, 0.05) is 11.6 Å². The highest BCUT2D eigenvalue weighted by Crippen LogP contribution is 2.28. The molecule has 0 aliphatic heterocycles. The van der Waals surface area contributed by atoms with Crippen LogP contribution in [0.2, 0.25) is 10.0 Å². The van der Waals surface area contributed by atoms with Gasteiger partial charge < -0.3 is 10.6 Å². The molecule has 2 aromatic rings. The van der Waals surface area contributed by atoms with Crippen molar-refractivity contribution in [2.75, 3.05) is 17.2 Å². The summed E-state index contributed by atoms with van der Waals surface area (Å²) in [6, 6.07) is 7.26. The standard InChI is InChI=1S/C13H13Cl2N3/c1-2-17-10-6-11(8-16-7-10)18-13-5-9(14)3-4-12(13)15/h3-8,17-18H,2H2,1H3. The van der Waals surface area contributed by atoms with Gasteiger partial charge in [-0.05, 0) is 31.2 Å². The van der Waals surface area contributed by atoms with E-state index >= 15 is 0 Å². The van der Waals surface area contributed by atoms with Crippen LogP contribution in [0.1, 0.15) is 6.92 Å². The third kappa shape index (κ3) is 3.28. The van der Waals surface area contributed by atoms with Crippen LogP contribution in [0.5, 0.6) is 0 Å². The minimum Gasteiger partial charge on any atom is -0.384 e. The molecule has 94 valence electrons. The van der Waals surface area contributed by atoms with Crippen molar-refractivity contribution in [1.82, 2.24) is 4.98 Å². The molecule has 0 atom stereocenters. The molecule has 0 aliphatic carbocycles. The molecule has 0 radical (unpaired) electrons. The van der Waals surface area contributed by atoms with E-state index in [1.165, 1.54) is 0 Å². The Morgan fingerprint density at radius 3 is 2.67 bits per heavy atom. The van der Waals surface area contributed by atoms with Crippen LogP contribution in [0.4, 0.5) is 17.1 Å². The summed E-state index contributed by atoms with van der Waals surface area (Å²) in [5.74, 6) is 0. The van der Waals surface area contributed by atoms with Gasteiger partial charge in [-0.2, -0.15) is 0 Å². The maximum Gasteiger partial charge on any atom is 0.0642 e. The number of nitrogens with zero attached hydrogens (tertiary/aromatic N) is 1. The van der Waals surface area contributed by atoms with E-state index in [9.17, 15) is 0 Å². The number of anilines is 3. The van der Waals surface area contributed by atoms with Crippen molar-refractivity contribution >= 4 is 40.3 Å². The number of rotatable bonds is 4. The van der Waals surface area contributed by atoms with Crippen LogP contribution < -0.4 is 10.6 Å². The van der Waals surface area contributed by atoms with E-state index in [4.69, 9.17) is 23.2 Å². The Bertz CT molecular complexity index is 544. The minimum atomic E-state index is 0.619. The molecule has 1 aromatic heterocycles. The molecule has 18 heavy (non-hydrogen) atoms. The lowest BCUT2D eigenvalue weighted by molar-refractivity contribution is 1.19. The van der Waals surface area contributed by atoms with Gasteiger partial charge in [0.25, 0.3) is 0 Å². The molecular formula is C13H13Cl2N3. The molecule has 0 aliphatic rings. The number of benzene rings is 1. The summed E-state index contributed by atoms with van der Waals surface area (Å²) < 4.78 is 0. The lowest BCUT2D eigenvalue weighted by atomic mass is 10.3. The summed E-state index contributed by atoms with van der Waals surface area (Å²) in [6.07, 6.45) is 3.51. The monoisotopic (exact) mass is 281 g/mol. The second kappa shape index (κ2) is 5.94. The Hall–Kier alpha value is -1.45. The number of pyridine rings is 1. The third-order valence-corrected chi connectivity index (χ3v) is 2.89. The summed E-state index contributed by atoms with van der Waals surface area (Å²) >= 11 is 12.0. The van der Waals surface area contributed by atoms with Gasteiger partial charge in [-0.15, -0.1) is 0 Å². The van der Waals surface area contributed by atoms with Gasteiger partial charge in [-0.1, -0.05) is 23.2 Å². The number of nitrogens with one attached hydrogen (secondary N) is 2. The molecular weight excluding hydrogens is 269 g/mol. The predicted molar refractivity (Wildman–Crippen MR) is 78.1 cm³/mol. The van der Waals surface area contributed by atoms with E-state index in [0.717, 1.165) is 23.6 Å². The topological polar surface area (TPSA) is 37.0 Å². The zero-order valence-electron chi connectivity index (χ0n) is 9.87. The van der Waals surface area contributed by atoms with Gasteiger partial charge >= 0.3 is 0 Å². The fraction of sp³-hybridized carbons (Fsp3) is 0.154. The van der Waals surface area contributed by atoms with E-state index < -0.39 is 0 Å². The Morgan fingerprint density at radius 2 is 1.89 bits per heavy atom. The SMILES string of the molecule is CCNc1cncc(Nc2cc(Cl)ccc2Cl)c1. The van der Waals surface area contributed by atoms with Crippen molar-refractivity contribution in [2.24, 2.45) is 0 Å². The Morgan fingerprint density at radius 1 is 1.11 bits per heavy atom. The first-order valence-electron chi connectivity index (χ1n) is 5.60. The van der Waals surface area contributed by atoms with Crippen LogP contribution in [-0.4, -0.2) is 11.5 Å². The first kappa shape index (κ1) is 13.0. The maximum absolute atomic E-state index is 6.09. The molecule has 2 rings (SSSR count). The zero-order valence-corrected chi connectivity index (χ0v) is 11.4. The average molecular weight is 282 g/mol. The van der Waals surface area contributed by atoms with Crippen molar-refractivity contribution < 1.29 is 0 Å². The molecule has 0 bridgehead atoms. The van der Waals surface area contributed by atoms with Crippen molar-refractivity contribution in [3.63, 3.8) is 0 Å². The van der Waals surface area contributed by atoms with Gasteiger partial charge in [0.05, 0.1) is 34.5 Å². The first-order chi connectivity index (χ1) is 8.69. The molecule has 0 amide bonds. The number of hydrogen-bond acceptors (Lipinski definition) is 3. The second-order valence-corrected chi connectivity index (χ2v) is 4.59. The summed E-state index contributed by atoms with van der Waals surface area (Å²) in [4.78, 5) is 4.15. The van der Waals surface area contributed by atoms with Crippen LogP contribution in [0.25, 0.3) is 0 Å². The van der Waals surface area contributed by atoms with Gasteiger partial charge in [0.1, 0.15) is 0 Å². The van der Waals surface area contributed by atoms with Crippen LogP contribution >= 0.6 is 23.2 Å². The van der Waals surface area contributed by atoms with E-state index in [0.29, 0.717) is 10.0 Å². The molecule has 0 spiro atoms. The molecule has 1 heterocycles. The van der Waals surface area contributed by atoms with E-state index in [-0.39, 0.29) is 0 Å². The normalized spacial score (nSPS) is 10.2. The first-order valence-corrected chi connectivity index (χ1v) is 6.35. The quantitative estimate of drug-likeness (QED) is 0.862. The smallest absolute Gasteiger partial charge is 0.0642 e. The molecule has 5 heteroatoms. The van der Waals surface area contributed by atoms with Crippen LogP contribution in [0, 0.1) is 0 Å². The highest BCUT2D eigenvalue weighted by Gasteiger charge is 2.02. The van der Waals surface area contributed by atoms with Crippen LogP contribution in [-0.2, 0) is 0 Å². The van der Waals surface area contributed by atoms with Crippen LogP contribution in [0.3, 0.4) is 0 Å². The van der Waals surface area contributed by atoms with Gasteiger partial charge in [0.2, 0.25) is 0 Å². The fourth-order valence-electron chi connectivity index (χ4n) is 1.56. The minimum absolute atomic E-state index is 0.619. The maximum atomic E-state index is 6.09. The molecule has 1 aromatic carbocycles. The van der Waals surface area contributed by atoms with Crippen molar-refractivity contribution in [3.8, 4) is 0 Å². The molecule has 0 unspecified atom stereocenters. The highest BCUT2D eigenvalue weighted by atomic mass is 35.5. The lowest BCUT2D eigenvalue weighted by Gasteiger charge is -2.10. The summed E-state index contributed by atoms with van der Waals surface area (Å²) in [6.45, 7) is 2.89. The Kier molecular flexibility index (Phi) is 4.28. The van der Waals surface area contributed by atoms with Crippen molar-refractivity contribution in [3.05, 3.63) is 46.7 Å².